The van der Waals surface area contributed by atoms with Crippen molar-refractivity contribution >= 4 is 52.5 Å². The Kier molecular flexibility index (Phi) is 12.7. The summed E-state index contributed by atoms with van der Waals surface area (Å²) >= 11 is 6.26. The summed E-state index contributed by atoms with van der Waals surface area (Å²) in [5.74, 6) is 36.2. The minimum atomic E-state index is -1.78. The Morgan fingerprint density at radius 2 is 1.33 bits per heavy atom. The number of carbonyl (C=O) groups is 5. The molecule has 0 bridgehead atoms. The Balaban J connectivity index is 2.12. The third kappa shape index (κ3) is 10.7. The van der Waals surface area contributed by atoms with E-state index in [0.717, 1.165) is 0 Å². The number of rotatable bonds is 5. The van der Waals surface area contributed by atoms with E-state index in [1.54, 1.807) is 27.7 Å². The molecule has 5 amide bonds. The van der Waals surface area contributed by atoms with Crippen LogP contribution >= 0.6 is 11.6 Å². The van der Waals surface area contributed by atoms with E-state index >= 15 is 0 Å². The van der Waals surface area contributed by atoms with Gasteiger partial charge in [-0.3, -0.25) is 19.2 Å². The number of Topliss-reactive ketones (excluding diaryl/α,β-unsaturated/α-hetero) is 1. The van der Waals surface area contributed by atoms with E-state index in [2.05, 4.69) is 111 Å². The molecule has 1 unspecified atom stereocenters. The van der Waals surface area contributed by atoms with Gasteiger partial charge in [0.25, 0.3) is 11.8 Å². The third-order valence-corrected chi connectivity index (χ3v) is 5.81. The second-order valence-corrected chi connectivity index (χ2v) is 10.9. The lowest BCUT2D eigenvalue weighted by Crippen LogP contribution is -2.55. The predicted octanol–water partition coefficient (Wildman–Crippen LogP) is 2.58. The van der Waals surface area contributed by atoms with Gasteiger partial charge in [-0.05, 0) is 122 Å². The molecule has 2 rings (SSSR count). The zero-order valence-electron chi connectivity index (χ0n) is 25.7. The third-order valence-electron chi connectivity index (χ3n) is 5.48. The van der Waals surface area contributed by atoms with Crippen LogP contribution in [0.2, 0.25) is 5.02 Å². The average Bonchev–Trinajstić information content (AvgIpc) is 3.18. The fourth-order valence-electron chi connectivity index (χ4n) is 3.36. The van der Waals surface area contributed by atoms with Gasteiger partial charge >= 0.3 is 11.9 Å². The van der Waals surface area contributed by atoms with Crippen LogP contribution in [0.4, 0.5) is 16.2 Å². The molecule has 0 spiro atoms. The van der Waals surface area contributed by atoms with Crippen molar-refractivity contribution in [3.63, 3.8) is 0 Å². The summed E-state index contributed by atoms with van der Waals surface area (Å²) in [6.07, 6.45) is 0. The van der Waals surface area contributed by atoms with Crippen molar-refractivity contribution in [1.29, 1.82) is 0 Å². The van der Waals surface area contributed by atoms with E-state index in [1.807, 2.05) is 0 Å². The first kappa shape index (κ1) is 35.7. The van der Waals surface area contributed by atoms with Gasteiger partial charge in [-0.2, -0.15) is 0 Å². The molecule has 3 N–H and O–H groups in total. The molecule has 10 heteroatoms. The molecule has 1 atom stereocenters. The maximum Gasteiger partial charge on any atom is 0.326 e. The normalized spacial score (nSPS) is 12.3. The molecule has 0 aromatic heterocycles. The summed E-state index contributed by atoms with van der Waals surface area (Å²) in [5, 5.41) is 7.53. The van der Waals surface area contributed by atoms with Gasteiger partial charge < -0.3 is 16.0 Å². The Labute approximate surface area is 273 Å². The fraction of sp³-hybridized carbons (Fsp3) is 0.250. The number of hydrogen-bond donors (Lipinski definition) is 3. The number of nitrogens with one attached hydrogen (secondary N) is 3. The number of hydrogen-bond acceptors (Lipinski definition) is 5. The van der Waals surface area contributed by atoms with Gasteiger partial charge in [0.2, 0.25) is 0 Å². The summed E-state index contributed by atoms with van der Waals surface area (Å²) in [4.78, 5) is 65.2. The average molecular weight is 629 g/mol. The summed E-state index contributed by atoms with van der Waals surface area (Å²) in [5.41, 5.74) is -2.18. The smallest absolute Gasteiger partial charge is 0.324 e. The van der Waals surface area contributed by atoms with Crippen LogP contribution in [-0.2, 0) is 19.2 Å². The maximum atomic E-state index is 13.4. The van der Waals surface area contributed by atoms with E-state index in [1.165, 1.54) is 32.0 Å². The van der Waals surface area contributed by atoms with Crippen molar-refractivity contribution in [3.05, 3.63) is 23.2 Å². The minimum absolute atomic E-state index is 0.0128. The van der Waals surface area contributed by atoms with Crippen LogP contribution < -0.4 is 16.0 Å². The van der Waals surface area contributed by atoms with Crippen molar-refractivity contribution in [3.8, 4) is 94.7 Å². The number of halogens is 1. The van der Waals surface area contributed by atoms with Crippen molar-refractivity contribution in [2.75, 3.05) is 10.6 Å². The maximum absolute atomic E-state index is 13.4. The van der Waals surface area contributed by atoms with Crippen molar-refractivity contribution < 1.29 is 24.0 Å². The van der Waals surface area contributed by atoms with Gasteiger partial charge in [0.05, 0.1) is 10.7 Å². The monoisotopic (exact) mass is 628 g/mol. The fourth-order valence-corrected chi connectivity index (χ4v) is 3.53. The summed E-state index contributed by atoms with van der Waals surface area (Å²) in [6.45, 7) is 9.27. The van der Waals surface area contributed by atoms with E-state index < -0.39 is 46.5 Å². The number of amides is 5. The molecule has 0 aliphatic carbocycles. The Morgan fingerprint density at radius 1 is 0.826 bits per heavy atom. The lowest BCUT2D eigenvalue weighted by molar-refractivity contribution is -0.144. The molecule has 0 saturated carbocycles. The lowest BCUT2D eigenvalue weighted by Gasteiger charge is -2.29. The molecule has 9 nitrogen and oxygen atoms in total. The second kappa shape index (κ2) is 16.4. The highest BCUT2D eigenvalue weighted by molar-refractivity contribution is 6.34. The standard InChI is InChI=1S/C36H25ClN4O5/c1-7-8-9-10-11-12-13-14-15-16-17-18-19-20-21-22-29(42)38-26-23-24-27(37)28(25-26)39-32(44)30(31(43)35(2,3)4)41-33(45)36(5,6)40-34(41)46/h23-25,30H,1-6H3,(H,38,42)(H,39,44)(H,40,46). The SMILES string of the molecule is CC#CC#CC#CC#CC#CC#CC#CC#CC(=O)Nc1ccc(Cl)c(NC(=O)C(C(=O)C(C)(C)C)N2C(=O)NC(C)(C)C2=O)c1. The predicted molar refractivity (Wildman–Crippen MR) is 174 cm³/mol. The topological polar surface area (TPSA) is 125 Å². The molecule has 0 radical (unpaired) electrons. The van der Waals surface area contributed by atoms with Gasteiger partial charge in [-0.1, -0.05) is 38.3 Å². The molecule has 1 heterocycles. The minimum Gasteiger partial charge on any atom is -0.324 e. The lowest BCUT2D eigenvalue weighted by atomic mass is 9.85. The molecule has 1 aliphatic rings. The Bertz CT molecular complexity index is 2010. The largest absolute Gasteiger partial charge is 0.326 e. The van der Waals surface area contributed by atoms with Crippen LogP contribution in [0.1, 0.15) is 41.5 Å². The first-order chi connectivity index (χ1) is 21.7. The van der Waals surface area contributed by atoms with Crippen molar-refractivity contribution in [2.24, 2.45) is 5.41 Å². The first-order valence-electron chi connectivity index (χ1n) is 13.2. The molecule has 1 aromatic rings. The molecular formula is C36H25ClN4O5. The van der Waals surface area contributed by atoms with Crippen LogP contribution in [0.25, 0.3) is 0 Å². The number of anilines is 2. The highest BCUT2D eigenvalue weighted by atomic mass is 35.5. The van der Waals surface area contributed by atoms with Crippen LogP contribution in [0, 0.1) is 100 Å². The van der Waals surface area contributed by atoms with Crippen LogP contribution in [0.15, 0.2) is 18.2 Å². The molecule has 46 heavy (non-hydrogen) atoms. The molecule has 1 aromatic carbocycles. The van der Waals surface area contributed by atoms with Gasteiger partial charge in [0, 0.05) is 17.0 Å². The molecule has 226 valence electrons. The Hall–Kier alpha value is -6.46. The molecular weight excluding hydrogens is 604 g/mol. The van der Waals surface area contributed by atoms with Crippen LogP contribution in [0.3, 0.4) is 0 Å². The zero-order chi connectivity index (χ0) is 34.3. The number of nitrogens with zero attached hydrogens (tertiary/aromatic N) is 1. The number of imide groups is 1. The van der Waals surface area contributed by atoms with E-state index in [-0.39, 0.29) is 16.4 Å². The Morgan fingerprint density at radius 3 is 1.78 bits per heavy atom. The second-order valence-electron chi connectivity index (χ2n) is 10.5. The highest BCUT2D eigenvalue weighted by Gasteiger charge is 2.53. The van der Waals surface area contributed by atoms with Crippen molar-refractivity contribution in [1.82, 2.24) is 10.2 Å². The highest BCUT2D eigenvalue weighted by Crippen LogP contribution is 2.29. The van der Waals surface area contributed by atoms with Gasteiger partial charge in [-0.25, -0.2) is 9.69 Å². The number of benzene rings is 1. The van der Waals surface area contributed by atoms with E-state index in [0.29, 0.717) is 4.90 Å². The number of carbonyl (C=O) groups excluding carboxylic acids is 5. The number of urea groups is 1. The van der Waals surface area contributed by atoms with E-state index in [9.17, 15) is 24.0 Å². The van der Waals surface area contributed by atoms with Gasteiger partial charge in [0.15, 0.2) is 11.8 Å². The quantitative estimate of drug-likeness (QED) is 0.263. The van der Waals surface area contributed by atoms with Gasteiger partial charge in [0.1, 0.15) is 5.54 Å². The van der Waals surface area contributed by atoms with Crippen LogP contribution in [-0.4, -0.2) is 46.0 Å². The number of ketones is 1. The zero-order valence-corrected chi connectivity index (χ0v) is 26.4. The molecule has 1 fully saturated rings. The summed E-state index contributed by atoms with van der Waals surface area (Å²) < 4.78 is 0. The molecule has 1 saturated heterocycles. The van der Waals surface area contributed by atoms with Crippen molar-refractivity contribution in [2.45, 2.75) is 53.1 Å². The summed E-state index contributed by atoms with van der Waals surface area (Å²) in [7, 11) is 0. The van der Waals surface area contributed by atoms with E-state index in [4.69, 9.17) is 11.6 Å². The first-order valence-corrected chi connectivity index (χ1v) is 13.6. The summed E-state index contributed by atoms with van der Waals surface area (Å²) in [6, 6.07) is 1.51. The molecule has 1 aliphatic heterocycles. The van der Waals surface area contributed by atoms with Gasteiger partial charge in [-0.15, -0.1) is 0 Å². The van der Waals surface area contributed by atoms with Crippen LogP contribution in [0.5, 0.6) is 0 Å².